The largest absolute Gasteiger partial charge is 0.497 e. The van der Waals surface area contributed by atoms with Crippen molar-refractivity contribution in [3.05, 3.63) is 48.0 Å². The zero-order valence-corrected chi connectivity index (χ0v) is 11.7. The molecule has 110 valence electrons. The minimum Gasteiger partial charge on any atom is -0.497 e. The second-order valence-corrected chi connectivity index (χ2v) is 4.08. The highest BCUT2D eigenvalue weighted by Crippen LogP contribution is 2.23. The molecule has 0 aliphatic heterocycles. The molecule has 0 spiro atoms. The number of pyridine rings is 1. The number of carbonyl (C=O) groups is 1. The van der Waals surface area contributed by atoms with Gasteiger partial charge in [0.05, 0.1) is 19.4 Å². The number of benzene rings is 1. The number of methoxy groups -OCH3 is 1. The van der Waals surface area contributed by atoms with Crippen LogP contribution in [0.4, 0.5) is 10.1 Å². The van der Waals surface area contributed by atoms with Crippen LogP contribution in [0.5, 0.6) is 11.5 Å². The molecule has 21 heavy (non-hydrogen) atoms. The average molecular weight is 290 g/mol. The van der Waals surface area contributed by atoms with Crippen LogP contribution in [-0.2, 0) is 0 Å². The van der Waals surface area contributed by atoms with Crippen molar-refractivity contribution < 1.29 is 18.7 Å². The Labute approximate surface area is 121 Å². The lowest BCUT2D eigenvalue weighted by molar-refractivity contribution is 0.101. The fourth-order valence-electron chi connectivity index (χ4n) is 1.74. The lowest BCUT2D eigenvalue weighted by atomic mass is 10.2. The van der Waals surface area contributed by atoms with E-state index >= 15 is 0 Å². The number of anilines is 1. The normalized spacial score (nSPS) is 10.0. The Morgan fingerprint density at radius 3 is 2.90 bits per heavy atom. The monoisotopic (exact) mass is 290 g/mol. The van der Waals surface area contributed by atoms with E-state index < -0.39 is 11.7 Å². The molecule has 0 unspecified atom stereocenters. The molecular formula is C15H15FN2O3. The molecule has 0 aliphatic rings. The molecule has 1 aromatic heterocycles. The molecule has 1 aromatic carbocycles. The molecular weight excluding hydrogens is 275 g/mol. The summed E-state index contributed by atoms with van der Waals surface area (Å²) in [6.07, 6.45) is 1.47. The van der Waals surface area contributed by atoms with E-state index in [2.05, 4.69) is 10.3 Å². The number of aromatic nitrogens is 1. The van der Waals surface area contributed by atoms with Gasteiger partial charge in [-0.2, -0.15) is 0 Å². The number of amides is 1. The fourth-order valence-corrected chi connectivity index (χ4v) is 1.74. The van der Waals surface area contributed by atoms with E-state index in [4.69, 9.17) is 9.47 Å². The Bertz CT molecular complexity index is 647. The van der Waals surface area contributed by atoms with E-state index in [-0.39, 0.29) is 11.4 Å². The molecule has 1 N–H and O–H groups in total. The van der Waals surface area contributed by atoms with E-state index in [1.807, 2.05) is 0 Å². The van der Waals surface area contributed by atoms with Gasteiger partial charge < -0.3 is 14.8 Å². The Hall–Kier alpha value is -2.63. The summed E-state index contributed by atoms with van der Waals surface area (Å²) in [4.78, 5) is 16.2. The number of hydrogen-bond donors (Lipinski definition) is 1. The van der Waals surface area contributed by atoms with Crippen LogP contribution in [0.3, 0.4) is 0 Å². The van der Waals surface area contributed by atoms with Crippen molar-refractivity contribution in [3.8, 4) is 11.5 Å². The minimum absolute atomic E-state index is 0.0208. The first-order chi connectivity index (χ1) is 10.2. The zero-order valence-electron chi connectivity index (χ0n) is 11.7. The second kappa shape index (κ2) is 6.69. The van der Waals surface area contributed by atoms with Crippen molar-refractivity contribution >= 4 is 11.6 Å². The maximum absolute atomic E-state index is 13.7. The Balaban J connectivity index is 2.26. The van der Waals surface area contributed by atoms with Crippen LogP contribution in [0.2, 0.25) is 0 Å². The zero-order chi connectivity index (χ0) is 15.2. The molecule has 2 rings (SSSR count). The summed E-state index contributed by atoms with van der Waals surface area (Å²) in [5, 5.41) is 2.46. The summed E-state index contributed by atoms with van der Waals surface area (Å²) in [7, 11) is 1.46. The van der Waals surface area contributed by atoms with Crippen LogP contribution in [0, 0.1) is 5.82 Å². The van der Waals surface area contributed by atoms with Crippen LogP contribution in [0.25, 0.3) is 0 Å². The van der Waals surface area contributed by atoms with Gasteiger partial charge in [-0.15, -0.1) is 0 Å². The molecule has 0 bridgehead atoms. The van der Waals surface area contributed by atoms with Crippen LogP contribution in [0.1, 0.15) is 17.4 Å². The van der Waals surface area contributed by atoms with Gasteiger partial charge in [-0.05, 0) is 31.2 Å². The van der Waals surface area contributed by atoms with Gasteiger partial charge in [-0.3, -0.25) is 4.79 Å². The highest BCUT2D eigenvalue weighted by Gasteiger charge is 2.16. The first-order valence-electron chi connectivity index (χ1n) is 6.38. The summed E-state index contributed by atoms with van der Waals surface area (Å²) in [5.74, 6) is -0.317. The van der Waals surface area contributed by atoms with Gasteiger partial charge in [0, 0.05) is 12.3 Å². The molecule has 0 atom stereocenters. The van der Waals surface area contributed by atoms with Crippen molar-refractivity contribution in [2.24, 2.45) is 0 Å². The minimum atomic E-state index is -0.557. The van der Waals surface area contributed by atoms with E-state index in [1.165, 1.54) is 31.5 Å². The maximum atomic E-state index is 13.7. The standard InChI is InChI=1S/C15H15FN2O3/c1-3-21-13-5-4-8-17-14(13)15(19)18-12-9-10(20-2)6-7-11(12)16/h4-9H,3H2,1-2H3,(H,18,19). The number of halogens is 1. The van der Waals surface area contributed by atoms with E-state index in [0.717, 1.165) is 0 Å². The fraction of sp³-hybridized carbons (Fsp3) is 0.200. The van der Waals surface area contributed by atoms with Gasteiger partial charge >= 0.3 is 0 Å². The summed E-state index contributed by atoms with van der Waals surface area (Å²) in [6, 6.07) is 7.38. The highest BCUT2D eigenvalue weighted by molar-refractivity contribution is 6.04. The molecule has 0 aliphatic carbocycles. The average Bonchev–Trinajstić information content (AvgIpc) is 2.50. The number of nitrogens with one attached hydrogen (secondary N) is 1. The van der Waals surface area contributed by atoms with E-state index in [9.17, 15) is 9.18 Å². The molecule has 5 nitrogen and oxygen atoms in total. The third-order valence-corrected chi connectivity index (χ3v) is 2.71. The maximum Gasteiger partial charge on any atom is 0.278 e. The third kappa shape index (κ3) is 3.47. The number of hydrogen-bond acceptors (Lipinski definition) is 4. The lowest BCUT2D eigenvalue weighted by Gasteiger charge is -2.10. The lowest BCUT2D eigenvalue weighted by Crippen LogP contribution is -2.16. The second-order valence-electron chi connectivity index (χ2n) is 4.08. The summed E-state index contributed by atoms with van der Waals surface area (Å²) in [6.45, 7) is 2.20. The molecule has 2 aromatic rings. The van der Waals surface area contributed by atoms with Gasteiger partial charge in [0.1, 0.15) is 11.6 Å². The molecule has 0 radical (unpaired) electrons. The quantitative estimate of drug-likeness (QED) is 0.919. The van der Waals surface area contributed by atoms with Crippen molar-refractivity contribution in [2.75, 3.05) is 19.0 Å². The van der Waals surface area contributed by atoms with Crippen LogP contribution < -0.4 is 14.8 Å². The van der Waals surface area contributed by atoms with Gasteiger partial charge in [0.15, 0.2) is 11.4 Å². The van der Waals surface area contributed by atoms with Crippen molar-refractivity contribution in [1.82, 2.24) is 4.98 Å². The Morgan fingerprint density at radius 1 is 1.38 bits per heavy atom. The first kappa shape index (κ1) is 14.8. The SMILES string of the molecule is CCOc1cccnc1C(=O)Nc1cc(OC)ccc1F. The van der Waals surface area contributed by atoms with Gasteiger partial charge in [0.25, 0.3) is 5.91 Å². The predicted molar refractivity (Wildman–Crippen MR) is 76.3 cm³/mol. The molecule has 0 saturated carbocycles. The molecule has 6 heteroatoms. The summed E-state index contributed by atoms with van der Waals surface area (Å²) >= 11 is 0. The molecule has 0 fully saturated rings. The first-order valence-corrected chi connectivity index (χ1v) is 6.38. The van der Waals surface area contributed by atoms with Crippen molar-refractivity contribution in [2.45, 2.75) is 6.92 Å². The smallest absolute Gasteiger partial charge is 0.278 e. The van der Waals surface area contributed by atoms with E-state index in [0.29, 0.717) is 18.1 Å². The summed E-state index contributed by atoms with van der Waals surface area (Å²) < 4.78 is 24.0. The van der Waals surface area contributed by atoms with Crippen molar-refractivity contribution in [3.63, 3.8) is 0 Å². The van der Waals surface area contributed by atoms with Gasteiger partial charge in [0.2, 0.25) is 0 Å². The third-order valence-electron chi connectivity index (χ3n) is 2.71. The predicted octanol–water partition coefficient (Wildman–Crippen LogP) is 2.88. The molecule has 0 saturated heterocycles. The van der Waals surface area contributed by atoms with Crippen LogP contribution in [0.15, 0.2) is 36.5 Å². The van der Waals surface area contributed by atoms with Crippen LogP contribution in [-0.4, -0.2) is 24.6 Å². The van der Waals surface area contributed by atoms with Crippen molar-refractivity contribution in [1.29, 1.82) is 0 Å². The number of ether oxygens (including phenoxy) is 2. The van der Waals surface area contributed by atoms with Crippen LogP contribution >= 0.6 is 0 Å². The number of carbonyl (C=O) groups excluding carboxylic acids is 1. The highest BCUT2D eigenvalue weighted by atomic mass is 19.1. The van der Waals surface area contributed by atoms with Gasteiger partial charge in [-0.1, -0.05) is 0 Å². The number of nitrogens with zero attached hydrogens (tertiary/aromatic N) is 1. The Kier molecular flexibility index (Phi) is 4.71. The molecule has 1 heterocycles. The number of rotatable bonds is 5. The summed E-state index contributed by atoms with van der Waals surface area (Å²) in [5.41, 5.74) is 0.119. The molecule has 1 amide bonds. The Morgan fingerprint density at radius 2 is 2.19 bits per heavy atom. The topological polar surface area (TPSA) is 60.5 Å². The van der Waals surface area contributed by atoms with E-state index in [1.54, 1.807) is 19.1 Å². The van der Waals surface area contributed by atoms with Gasteiger partial charge in [-0.25, -0.2) is 9.37 Å².